The first-order valence-electron chi connectivity index (χ1n) is 9.71. The van der Waals surface area contributed by atoms with Crippen molar-refractivity contribution in [2.75, 3.05) is 19.1 Å². The molecule has 0 aliphatic rings. The van der Waals surface area contributed by atoms with E-state index >= 15 is 0 Å². The largest absolute Gasteiger partial charge is 0.496 e. The Morgan fingerprint density at radius 2 is 1.80 bits per heavy atom. The van der Waals surface area contributed by atoms with Crippen molar-refractivity contribution in [1.29, 1.82) is 0 Å². The number of anilines is 1. The van der Waals surface area contributed by atoms with Crippen molar-refractivity contribution in [3.63, 3.8) is 0 Å². The highest BCUT2D eigenvalue weighted by Gasteiger charge is 2.27. The minimum atomic E-state index is -1.27. The fourth-order valence-electron chi connectivity index (χ4n) is 3.29. The lowest BCUT2D eigenvalue weighted by molar-refractivity contribution is -0.120. The molecule has 0 aromatic heterocycles. The van der Waals surface area contributed by atoms with Crippen LogP contribution >= 0.6 is 0 Å². The molecule has 1 atom stereocenters. The maximum absolute atomic E-state index is 13.2. The van der Waals surface area contributed by atoms with Crippen LogP contribution in [-0.4, -0.2) is 42.4 Å². The van der Waals surface area contributed by atoms with Crippen LogP contribution in [0.2, 0.25) is 0 Å². The Kier molecular flexibility index (Phi) is 7.45. The Morgan fingerprint density at radius 3 is 2.37 bits per heavy atom. The van der Waals surface area contributed by atoms with Crippen molar-refractivity contribution in [3.8, 4) is 5.75 Å². The van der Waals surface area contributed by atoms with E-state index < -0.39 is 12.1 Å². The summed E-state index contributed by atoms with van der Waals surface area (Å²) in [5.41, 5.74) is 2.85. The molecule has 0 heterocycles. The van der Waals surface area contributed by atoms with E-state index in [1.54, 1.807) is 44.5 Å². The van der Waals surface area contributed by atoms with Crippen LogP contribution in [-0.2, 0) is 23.2 Å². The van der Waals surface area contributed by atoms with Crippen molar-refractivity contribution >= 4 is 17.7 Å². The second-order valence-corrected chi connectivity index (χ2v) is 8.22. The summed E-state index contributed by atoms with van der Waals surface area (Å²) in [5, 5.41) is 20.9. The molecule has 0 saturated carbocycles. The number of amides is 2. The smallest absolute Gasteiger partial charge is 0.405 e. The molecular formula is C23H30N2O5. The molecule has 0 aliphatic heterocycles. The van der Waals surface area contributed by atoms with Crippen molar-refractivity contribution in [1.82, 2.24) is 5.32 Å². The zero-order valence-corrected chi connectivity index (χ0v) is 18.1. The number of carboxylic acid groups (broad SMARTS) is 1. The molecule has 2 rings (SSSR count). The van der Waals surface area contributed by atoms with E-state index in [1.165, 1.54) is 4.90 Å². The predicted molar refractivity (Wildman–Crippen MR) is 116 cm³/mol. The van der Waals surface area contributed by atoms with Gasteiger partial charge in [-0.05, 0) is 34.7 Å². The van der Waals surface area contributed by atoms with Crippen LogP contribution in [0.1, 0.15) is 37.5 Å². The Balaban J connectivity index is 2.34. The van der Waals surface area contributed by atoms with Crippen molar-refractivity contribution in [3.05, 3.63) is 59.2 Å². The summed E-state index contributed by atoms with van der Waals surface area (Å²) in [5.74, 6) is 0.352. The van der Waals surface area contributed by atoms with Gasteiger partial charge in [0.25, 0.3) is 0 Å². The van der Waals surface area contributed by atoms with Gasteiger partial charge in [-0.15, -0.1) is 0 Å². The quantitative estimate of drug-likeness (QED) is 0.645. The van der Waals surface area contributed by atoms with Crippen LogP contribution in [0.5, 0.6) is 5.75 Å². The lowest BCUT2D eigenvalue weighted by atomic mass is 9.86. The summed E-state index contributed by atoms with van der Waals surface area (Å²) in [6.45, 7) is 6.04. The Bertz CT molecular complexity index is 905. The molecule has 0 aliphatic carbocycles. The third-order valence-corrected chi connectivity index (χ3v) is 4.92. The summed E-state index contributed by atoms with van der Waals surface area (Å²) in [6.07, 6.45) is -1.10. The number of ether oxygens (including phenoxy) is 1. The molecule has 30 heavy (non-hydrogen) atoms. The minimum Gasteiger partial charge on any atom is -0.496 e. The monoisotopic (exact) mass is 414 g/mol. The first-order valence-corrected chi connectivity index (χ1v) is 9.71. The molecule has 0 spiro atoms. The van der Waals surface area contributed by atoms with Crippen LogP contribution in [0.4, 0.5) is 10.5 Å². The highest BCUT2D eigenvalue weighted by atomic mass is 16.5. The summed E-state index contributed by atoms with van der Waals surface area (Å²) in [6, 6.07) is 11.6. The number of carbonyl (C=O) groups excluding carboxylic acids is 1. The number of hydrogen-bond acceptors (Lipinski definition) is 4. The molecule has 7 nitrogen and oxygen atoms in total. The SMILES string of the molecule is COc1ccc(N(C)C(=O)C(Cc2cccc(CO)c2)NC(=O)O)cc1C(C)(C)C. The number of benzene rings is 2. The Labute approximate surface area is 177 Å². The van der Waals surface area contributed by atoms with Crippen LogP contribution in [0.3, 0.4) is 0 Å². The van der Waals surface area contributed by atoms with Crippen LogP contribution in [0.15, 0.2) is 42.5 Å². The number of nitrogens with zero attached hydrogens (tertiary/aromatic N) is 1. The molecular weight excluding hydrogens is 384 g/mol. The molecule has 2 aromatic carbocycles. The summed E-state index contributed by atoms with van der Waals surface area (Å²) in [7, 11) is 3.23. The fraction of sp³-hybridized carbons (Fsp3) is 0.391. The molecule has 2 aromatic rings. The van der Waals surface area contributed by atoms with E-state index in [0.29, 0.717) is 11.3 Å². The normalized spacial score (nSPS) is 12.2. The van der Waals surface area contributed by atoms with Gasteiger partial charge in [0.15, 0.2) is 0 Å². The van der Waals surface area contributed by atoms with Crippen LogP contribution in [0, 0.1) is 0 Å². The second-order valence-electron chi connectivity index (χ2n) is 8.22. The maximum Gasteiger partial charge on any atom is 0.405 e. The summed E-state index contributed by atoms with van der Waals surface area (Å²) >= 11 is 0. The van der Waals surface area contributed by atoms with Gasteiger partial charge in [0.1, 0.15) is 11.8 Å². The van der Waals surface area contributed by atoms with E-state index in [2.05, 4.69) is 26.1 Å². The summed E-state index contributed by atoms with van der Waals surface area (Å²) < 4.78 is 5.45. The zero-order chi connectivity index (χ0) is 22.5. The van der Waals surface area contributed by atoms with E-state index in [-0.39, 0.29) is 24.3 Å². The van der Waals surface area contributed by atoms with Gasteiger partial charge in [-0.3, -0.25) is 4.79 Å². The fourth-order valence-corrected chi connectivity index (χ4v) is 3.29. The highest BCUT2D eigenvalue weighted by molar-refractivity contribution is 5.98. The number of carbonyl (C=O) groups is 2. The number of aliphatic hydroxyl groups is 1. The van der Waals surface area contributed by atoms with Crippen LogP contribution in [0.25, 0.3) is 0 Å². The topological polar surface area (TPSA) is 99.1 Å². The maximum atomic E-state index is 13.2. The van der Waals surface area contributed by atoms with Gasteiger partial charge >= 0.3 is 6.09 Å². The van der Waals surface area contributed by atoms with Crippen molar-refractivity contribution in [2.24, 2.45) is 0 Å². The van der Waals surface area contributed by atoms with Gasteiger partial charge in [-0.2, -0.15) is 0 Å². The van der Waals surface area contributed by atoms with Gasteiger partial charge < -0.3 is 25.2 Å². The van der Waals surface area contributed by atoms with Gasteiger partial charge in [-0.25, -0.2) is 4.79 Å². The molecule has 3 N–H and O–H groups in total. The lowest BCUT2D eigenvalue weighted by Crippen LogP contribution is -2.48. The van der Waals surface area contributed by atoms with E-state index in [0.717, 1.165) is 16.9 Å². The molecule has 0 radical (unpaired) electrons. The average molecular weight is 415 g/mol. The predicted octanol–water partition coefficient (Wildman–Crippen LogP) is 3.33. The highest BCUT2D eigenvalue weighted by Crippen LogP contribution is 2.34. The number of likely N-dealkylation sites (N-methyl/N-ethyl adjacent to an activating group) is 1. The number of nitrogens with one attached hydrogen (secondary N) is 1. The van der Waals surface area contributed by atoms with E-state index in [1.807, 2.05) is 12.1 Å². The molecule has 162 valence electrons. The third kappa shape index (κ3) is 5.73. The van der Waals surface area contributed by atoms with Crippen molar-refractivity contribution in [2.45, 2.75) is 45.3 Å². The molecule has 7 heteroatoms. The van der Waals surface area contributed by atoms with Crippen molar-refractivity contribution < 1.29 is 24.5 Å². The third-order valence-electron chi connectivity index (χ3n) is 4.92. The number of rotatable bonds is 7. The van der Waals surface area contributed by atoms with Gasteiger partial charge in [-0.1, -0.05) is 45.0 Å². The van der Waals surface area contributed by atoms with Gasteiger partial charge in [0.05, 0.1) is 13.7 Å². The molecule has 0 fully saturated rings. The Hall–Kier alpha value is -3.06. The zero-order valence-electron chi connectivity index (χ0n) is 18.1. The summed E-state index contributed by atoms with van der Waals surface area (Å²) in [4.78, 5) is 25.9. The van der Waals surface area contributed by atoms with Crippen LogP contribution < -0.4 is 15.0 Å². The van der Waals surface area contributed by atoms with Gasteiger partial charge in [0, 0.05) is 24.7 Å². The molecule has 0 saturated heterocycles. The standard InChI is InChI=1S/C23H30N2O5/c1-23(2,3)18-13-17(9-10-20(18)30-5)25(4)21(27)19(24-22(28)29)12-15-7-6-8-16(11-15)14-26/h6-11,13,19,24,26H,12,14H2,1-5H3,(H,28,29). The molecule has 2 amide bonds. The minimum absolute atomic E-state index is 0.125. The first kappa shape index (κ1) is 23.2. The van der Waals surface area contributed by atoms with E-state index in [9.17, 15) is 19.8 Å². The number of aliphatic hydroxyl groups excluding tert-OH is 1. The van der Waals surface area contributed by atoms with Gasteiger partial charge in [0.2, 0.25) is 5.91 Å². The second kappa shape index (κ2) is 9.63. The molecule has 1 unspecified atom stereocenters. The average Bonchev–Trinajstić information content (AvgIpc) is 2.70. The first-order chi connectivity index (χ1) is 14.1. The Morgan fingerprint density at radius 1 is 1.13 bits per heavy atom. The number of hydrogen-bond donors (Lipinski definition) is 3. The molecule has 0 bridgehead atoms. The lowest BCUT2D eigenvalue weighted by Gasteiger charge is -2.27. The van der Waals surface area contributed by atoms with E-state index in [4.69, 9.17) is 4.74 Å². The number of methoxy groups -OCH3 is 1.